The second-order valence-corrected chi connectivity index (χ2v) is 7.55. The molecule has 29 heavy (non-hydrogen) atoms. The van der Waals surface area contributed by atoms with Gasteiger partial charge in [-0.25, -0.2) is 9.78 Å². The first-order valence-electron chi connectivity index (χ1n) is 9.38. The molecule has 0 aliphatic heterocycles. The van der Waals surface area contributed by atoms with E-state index in [1.165, 1.54) is 16.9 Å². The van der Waals surface area contributed by atoms with Crippen molar-refractivity contribution in [3.63, 3.8) is 0 Å². The fourth-order valence-electron chi connectivity index (χ4n) is 3.12. The van der Waals surface area contributed by atoms with Gasteiger partial charge in [0.15, 0.2) is 6.61 Å². The molecule has 0 bridgehead atoms. The monoisotopic (exact) mass is 401 g/mol. The number of pyridine rings is 1. The molecular formula is C24H19NO3S. The molecule has 0 aliphatic rings. The van der Waals surface area contributed by atoms with Crippen molar-refractivity contribution in [2.75, 3.05) is 6.61 Å². The Labute approximate surface area is 172 Å². The molecule has 2 heterocycles. The third kappa shape index (κ3) is 4.10. The Morgan fingerprint density at radius 1 is 1.00 bits per heavy atom. The molecule has 4 aromatic rings. The maximum Gasteiger partial charge on any atom is 0.339 e. The molecule has 0 N–H and O–H groups in total. The first-order chi connectivity index (χ1) is 14.2. The summed E-state index contributed by atoms with van der Waals surface area (Å²) in [6, 6.07) is 20.8. The number of carbonyl (C=O) groups is 2. The Morgan fingerprint density at radius 3 is 2.52 bits per heavy atom. The summed E-state index contributed by atoms with van der Waals surface area (Å²) in [5.74, 6) is -0.734. The number of Topliss-reactive ketones (excluding diaryl/α,β-unsaturated/α-hetero) is 1. The van der Waals surface area contributed by atoms with Gasteiger partial charge in [0.2, 0.25) is 5.78 Å². The standard InChI is InChI=1S/C24H19NO3S/c1-2-16-9-11-17(12-10-16)21-14-19(18-6-3-4-7-20(18)25-21)24(27)28-15-22(26)23-8-5-13-29-23/h3-14H,2,15H2,1H3. The number of thiophene rings is 1. The average Bonchev–Trinajstić information content (AvgIpc) is 3.31. The molecule has 0 fully saturated rings. The Balaban J connectivity index is 1.66. The number of fused-ring (bicyclic) bond motifs is 1. The average molecular weight is 401 g/mol. The normalized spacial score (nSPS) is 10.8. The molecule has 0 saturated heterocycles. The largest absolute Gasteiger partial charge is 0.454 e. The second-order valence-electron chi connectivity index (χ2n) is 6.60. The molecule has 0 unspecified atom stereocenters. The van der Waals surface area contributed by atoms with Gasteiger partial charge in [-0.15, -0.1) is 11.3 Å². The number of aromatic nitrogens is 1. The molecule has 0 amide bonds. The second kappa shape index (κ2) is 8.37. The predicted molar refractivity (Wildman–Crippen MR) is 115 cm³/mol. The minimum absolute atomic E-state index is 0.206. The van der Waals surface area contributed by atoms with Gasteiger partial charge in [0.25, 0.3) is 0 Å². The van der Waals surface area contributed by atoms with Crippen molar-refractivity contribution in [3.8, 4) is 11.3 Å². The summed E-state index contributed by atoms with van der Waals surface area (Å²) in [5.41, 5.74) is 3.98. The highest BCUT2D eigenvalue weighted by Crippen LogP contribution is 2.26. The Bertz CT molecular complexity index is 1160. The first kappa shape index (κ1) is 19.0. The van der Waals surface area contributed by atoms with Gasteiger partial charge in [-0.2, -0.15) is 0 Å². The summed E-state index contributed by atoms with van der Waals surface area (Å²) in [7, 11) is 0. The van der Waals surface area contributed by atoms with E-state index in [2.05, 4.69) is 19.1 Å². The minimum Gasteiger partial charge on any atom is -0.454 e. The van der Waals surface area contributed by atoms with E-state index < -0.39 is 5.97 Å². The molecule has 0 radical (unpaired) electrons. The molecule has 5 heteroatoms. The summed E-state index contributed by atoms with van der Waals surface area (Å²) >= 11 is 1.33. The quantitative estimate of drug-likeness (QED) is 0.313. The lowest BCUT2D eigenvalue weighted by Gasteiger charge is -2.10. The minimum atomic E-state index is -0.528. The highest BCUT2D eigenvalue weighted by Gasteiger charge is 2.17. The van der Waals surface area contributed by atoms with Crippen LogP contribution in [0, 0.1) is 0 Å². The third-order valence-corrected chi connectivity index (χ3v) is 5.64. The summed E-state index contributed by atoms with van der Waals surface area (Å²) in [5, 5.41) is 2.52. The molecule has 0 saturated carbocycles. The predicted octanol–water partition coefficient (Wildman–Crippen LogP) is 5.57. The van der Waals surface area contributed by atoms with Gasteiger partial charge in [0, 0.05) is 10.9 Å². The van der Waals surface area contributed by atoms with Crippen LogP contribution in [0.5, 0.6) is 0 Å². The molecule has 0 aliphatic carbocycles. The fraction of sp³-hybridized carbons (Fsp3) is 0.125. The molecule has 144 valence electrons. The van der Waals surface area contributed by atoms with Crippen LogP contribution in [0.4, 0.5) is 0 Å². The van der Waals surface area contributed by atoms with Crippen LogP contribution in [0.1, 0.15) is 32.5 Å². The van der Waals surface area contributed by atoms with Gasteiger partial charge in [-0.3, -0.25) is 4.79 Å². The van der Waals surface area contributed by atoms with Crippen molar-refractivity contribution < 1.29 is 14.3 Å². The van der Waals surface area contributed by atoms with Gasteiger partial charge in [-0.05, 0) is 35.6 Å². The summed E-state index contributed by atoms with van der Waals surface area (Å²) in [4.78, 5) is 30.3. The van der Waals surface area contributed by atoms with Crippen LogP contribution in [0.15, 0.2) is 72.1 Å². The van der Waals surface area contributed by atoms with Gasteiger partial charge in [0.1, 0.15) is 0 Å². The molecular weight excluding hydrogens is 382 g/mol. The van der Waals surface area contributed by atoms with E-state index in [0.717, 1.165) is 12.0 Å². The van der Waals surface area contributed by atoms with E-state index in [0.29, 0.717) is 27.0 Å². The van der Waals surface area contributed by atoms with Crippen LogP contribution in [0.3, 0.4) is 0 Å². The van der Waals surface area contributed by atoms with Crippen LogP contribution < -0.4 is 0 Å². The number of aryl methyl sites for hydroxylation is 1. The number of ether oxygens (including phenoxy) is 1. The van der Waals surface area contributed by atoms with Crippen LogP contribution in [0.25, 0.3) is 22.2 Å². The smallest absolute Gasteiger partial charge is 0.339 e. The maximum absolute atomic E-state index is 12.8. The number of benzene rings is 2. The lowest BCUT2D eigenvalue weighted by atomic mass is 10.0. The van der Waals surface area contributed by atoms with Crippen LogP contribution in [0.2, 0.25) is 0 Å². The summed E-state index contributed by atoms with van der Waals surface area (Å²) in [6.07, 6.45) is 0.960. The lowest BCUT2D eigenvalue weighted by Crippen LogP contribution is -2.14. The number of hydrogen-bond donors (Lipinski definition) is 0. The van der Waals surface area contributed by atoms with E-state index in [4.69, 9.17) is 9.72 Å². The number of esters is 1. The van der Waals surface area contributed by atoms with E-state index in [1.54, 1.807) is 18.2 Å². The highest BCUT2D eigenvalue weighted by atomic mass is 32.1. The number of nitrogens with zero attached hydrogens (tertiary/aromatic N) is 1. The summed E-state index contributed by atoms with van der Waals surface area (Å²) in [6.45, 7) is 1.82. The van der Waals surface area contributed by atoms with Crippen LogP contribution >= 0.6 is 11.3 Å². The molecule has 4 nitrogen and oxygen atoms in total. The topological polar surface area (TPSA) is 56.3 Å². The van der Waals surface area contributed by atoms with E-state index in [9.17, 15) is 9.59 Å². The lowest BCUT2D eigenvalue weighted by molar-refractivity contribution is 0.0478. The Kier molecular flexibility index (Phi) is 5.49. The van der Waals surface area contributed by atoms with E-state index >= 15 is 0 Å². The highest BCUT2D eigenvalue weighted by molar-refractivity contribution is 7.12. The number of ketones is 1. The number of para-hydroxylation sites is 1. The van der Waals surface area contributed by atoms with Crippen molar-refractivity contribution in [1.82, 2.24) is 4.98 Å². The number of carbonyl (C=O) groups excluding carboxylic acids is 2. The van der Waals surface area contributed by atoms with Crippen molar-refractivity contribution in [2.45, 2.75) is 13.3 Å². The van der Waals surface area contributed by atoms with Crippen molar-refractivity contribution in [1.29, 1.82) is 0 Å². The molecule has 2 aromatic carbocycles. The zero-order chi connectivity index (χ0) is 20.2. The van der Waals surface area contributed by atoms with Crippen molar-refractivity contribution in [3.05, 3.63) is 88.1 Å². The van der Waals surface area contributed by atoms with E-state index in [1.807, 2.05) is 41.8 Å². The Morgan fingerprint density at radius 2 is 1.79 bits per heavy atom. The SMILES string of the molecule is CCc1ccc(-c2cc(C(=O)OCC(=O)c3cccs3)c3ccccc3n2)cc1. The zero-order valence-electron chi connectivity index (χ0n) is 15.9. The number of hydrogen-bond acceptors (Lipinski definition) is 5. The molecule has 0 spiro atoms. The van der Waals surface area contributed by atoms with Crippen LogP contribution in [-0.4, -0.2) is 23.3 Å². The Hall–Kier alpha value is -3.31. The van der Waals surface area contributed by atoms with Gasteiger partial charge in [-0.1, -0.05) is 55.5 Å². The summed E-state index contributed by atoms with van der Waals surface area (Å²) < 4.78 is 5.34. The van der Waals surface area contributed by atoms with Crippen molar-refractivity contribution >= 4 is 34.0 Å². The van der Waals surface area contributed by atoms with Crippen molar-refractivity contribution in [2.24, 2.45) is 0 Å². The van der Waals surface area contributed by atoms with Gasteiger partial charge < -0.3 is 4.74 Å². The fourth-order valence-corrected chi connectivity index (χ4v) is 3.77. The molecule has 4 rings (SSSR count). The number of rotatable bonds is 6. The molecule has 0 atom stereocenters. The molecule has 2 aromatic heterocycles. The van der Waals surface area contributed by atoms with Crippen LogP contribution in [-0.2, 0) is 11.2 Å². The maximum atomic E-state index is 12.8. The van der Waals surface area contributed by atoms with Gasteiger partial charge in [0.05, 0.1) is 21.7 Å². The zero-order valence-corrected chi connectivity index (χ0v) is 16.7. The third-order valence-electron chi connectivity index (χ3n) is 4.72. The first-order valence-corrected chi connectivity index (χ1v) is 10.3. The van der Waals surface area contributed by atoms with E-state index in [-0.39, 0.29) is 12.4 Å². The van der Waals surface area contributed by atoms with Gasteiger partial charge >= 0.3 is 5.97 Å².